The number of pyridine rings is 1. The van der Waals surface area contributed by atoms with Gasteiger partial charge in [-0.15, -0.1) is 10.2 Å². The van der Waals surface area contributed by atoms with Crippen molar-refractivity contribution in [2.24, 2.45) is 0 Å². The number of fused-ring (bicyclic) bond motifs is 2. The van der Waals surface area contributed by atoms with Crippen LogP contribution in [0.15, 0.2) is 17.1 Å². The predicted octanol–water partition coefficient (Wildman–Crippen LogP) is 0.490. The molecule has 27 heavy (non-hydrogen) atoms. The summed E-state index contributed by atoms with van der Waals surface area (Å²) in [6, 6.07) is 1.86. The zero-order valence-electron chi connectivity index (χ0n) is 15.1. The maximum atomic E-state index is 11.9. The SMILES string of the molecule is CC(C)n1nnc2c(NCC(C)n3nnc4c(=O)[nH]c(N)nc43)ccnc21. The summed E-state index contributed by atoms with van der Waals surface area (Å²) in [5, 5.41) is 19.7. The first kappa shape index (κ1) is 16.9. The quantitative estimate of drug-likeness (QED) is 0.455. The Morgan fingerprint density at radius 1 is 1.15 bits per heavy atom. The van der Waals surface area contributed by atoms with Gasteiger partial charge in [-0.2, -0.15) is 4.98 Å². The van der Waals surface area contributed by atoms with Crippen molar-refractivity contribution in [3.63, 3.8) is 0 Å². The van der Waals surface area contributed by atoms with Gasteiger partial charge in [0.05, 0.1) is 17.8 Å². The van der Waals surface area contributed by atoms with E-state index in [-0.39, 0.29) is 23.5 Å². The zero-order chi connectivity index (χ0) is 19.1. The van der Waals surface area contributed by atoms with Crippen LogP contribution in [0.1, 0.15) is 32.9 Å². The van der Waals surface area contributed by atoms with E-state index in [0.717, 1.165) is 11.3 Å². The third kappa shape index (κ3) is 2.84. The molecule has 0 fully saturated rings. The Labute approximate surface area is 152 Å². The second kappa shape index (κ2) is 6.30. The van der Waals surface area contributed by atoms with Gasteiger partial charge >= 0.3 is 0 Å². The molecule has 0 aliphatic rings. The molecule has 0 aromatic carbocycles. The van der Waals surface area contributed by atoms with Gasteiger partial charge in [0.25, 0.3) is 5.56 Å². The number of aromatic nitrogens is 9. The third-order valence-corrected chi connectivity index (χ3v) is 4.21. The highest BCUT2D eigenvalue weighted by Gasteiger charge is 2.17. The van der Waals surface area contributed by atoms with E-state index in [1.807, 2.05) is 26.8 Å². The van der Waals surface area contributed by atoms with Crippen LogP contribution >= 0.6 is 0 Å². The number of nitrogens with one attached hydrogen (secondary N) is 2. The smallest absolute Gasteiger partial charge is 0.282 e. The van der Waals surface area contributed by atoms with Gasteiger partial charge in [-0.25, -0.2) is 14.3 Å². The fourth-order valence-corrected chi connectivity index (χ4v) is 2.83. The van der Waals surface area contributed by atoms with E-state index in [0.29, 0.717) is 17.7 Å². The van der Waals surface area contributed by atoms with Crippen LogP contribution in [-0.2, 0) is 0 Å². The first-order valence-corrected chi connectivity index (χ1v) is 8.50. The zero-order valence-corrected chi connectivity index (χ0v) is 15.1. The van der Waals surface area contributed by atoms with E-state index in [2.05, 4.69) is 40.9 Å². The summed E-state index contributed by atoms with van der Waals surface area (Å²) in [6.45, 7) is 6.48. The number of hydrogen-bond donors (Lipinski definition) is 3. The number of rotatable bonds is 5. The van der Waals surface area contributed by atoms with Gasteiger partial charge in [-0.3, -0.25) is 9.78 Å². The van der Waals surface area contributed by atoms with Crippen molar-refractivity contribution >= 4 is 34.0 Å². The Hall–Kier alpha value is -3.57. The molecule has 4 aromatic heterocycles. The number of nitrogens with two attached hydrogens (primary N) is 1. The van der Waals surface area contributed by atoms with Gasteiger partial charge < -0.3 is 11.1 Å². The Bertz CT molecular complexity index is 1170. The molecule has 0 saturated carbocycles. The fourth-order valence-electron chi connectivity index (χ4n) is 2.83. The van der Waals surface area contributed by atoms with Crippen molar-refractivity contribution < 1.29 is 0 Å². The van der Waals surface area contributed by atoms with Crippen LogP contribution in [0.3, 0.4) is 0 Å². The van der Waals surface area contributed by atoms with Gasteiger partial charge in [0.1, 0.15) is 0 Å². The highest BCUT2D eigenvalue weighted by molar-refractivity contribution is 5.84. The molecular formula is C15H19N11O. The molecule has 4 aromatic rings. The summed E-state index contributed by atoms with van der Waals surface area (Å²) in [5.41, 5.74) is 7.94. The van der Waals surface area contributed by atoms with Crippen molar-refractivity contribution in [2.75, 3.05) is 17.6 Å². The summed E-state index contributed by atoms with van der Waals surface area (Å²) in [7, 11) is 0. The van der Waals surface area contributed by atoms with Crippen LogP contribution in [0.4, 0.5) is 11.6 Å². The average Bonchev–Trinajstić information content (AvgIpc) is 3.24. The van der Waals surface area contributed by atoms with E-state index >= 15 is 0 Å². The lowest BCUT2D eigenvalue weighted by Crippen LogP contribution is -2.19. The van der Waals surface area contributed by atoms with E-state index in [1.165, 1.54) is 0 Å². The van der Waals surface area contributed by atoms with E-state index in [4.69, 9.17) is 5.73 Å². The number of nitrogen functional groups attached to an aromatic ring is 1. The predicted molar refractivity (Wildman–Crippen MR) is 99.3 cm³/mol. The summed E-state index contributed by atoms with van der Waals surface area (Å²) in [5.74, 6) is 0.0253. The molecule has 1 unspecified atom stereocenters. The second-order valence-corrected chi connectivity index (χ2v) is 6.55. The summed E-state index contributed by atoms with van der Waals surface area (Å²) >= 11 is 0. The molecule has 0 saturated heterocycles. The molecular weight excluding hydrogens is 350 g/mol. The lowest BCUT2D eigenvalue weighted by atomic mass is 10.3. The molecule has 0 amide bonds. The lowest BCUT2D eigenvalue weighted by molar-refractivity contribution is 0.508. The van der Waals surface area contributed by atoms with Crippen molar-refractivity contribution in [3.8, 4) is 0 Å². The van der Waals surface area contributed by atoms with E-state index < -0.39 is 5.56 Å². The molecule has 4 N–H and O–H groups in total. The molecule has 0 aliphatic heterocycles. The first-order valence-electron chi connectivity index (χ1n) is 8.50. The van der Waals surface area contributed by atoms with Crippen LogP contribution in [0.25, 0.3) is 22.3 Å². The molecule has 4 rings (SSSR count). The van der Waals surface area contributed by atoms with Gasteiger partial charge in [-0.1, -0.05) is 10.4 Å². The van der Waals surface area contributed by atoms with Crippen LogP contribution in [0.5, 0.6) is 0 Å². The topological polar surface area (TPSA) is 158 Å². The second-order valence-electron chi connectivity index (χ2n) is 6.55. The summed E-state index contributed by atoms with van der Waals surface area (Å²) in [4.78, 5) is 22.8. The van der Waals surface area contributed by atoms with Crippen molar-refractivity contribution in [3.05, 3.63) is 22.6 Å². The standard InChI is InChI=1S/C15H19N11O/c1-7(2)25-12-10(21-23-25)9(4-5-17-12)18-6-8(3)26-13-11(22-24-26)14(27)20-15(16)19-13/h4-5,7-8H,6H2,1-3H3,(H,17,18)(H3,16,19,20,27). The van der Waals surface area contributed by atoms with Crippen LogP contribution in [0.2, 0.25) is 0 Å². The van der Waals surface area contributed by atoms with E-state index in [1.54, 1.807) is 15.6 Å². The van der Waals surface area contributed by atoms with Crippen LogP contribution in [-0.4, -0.2) is 51.5 Å². The number of aromatic amines is 1. The molecule has 0 spiro atoms. The first-order chi connectivity index (χ1) is 13.0. The number of anilines is 2. The Balaban J connectivity index is 1.61. The minimum absolute atomic E-state index is 0.0253. The molecule has 12 nitrogen and oxygen atoms in total. The molecule has 1 atom stereocenters. The van der Waals surface area contributed by atoms with Crippen molar-refractivity contribution in [1.82, 2.24) is 44.9 Å². The van der Waals surface area contributed by atoms with Crippen LogP contribution in [0, 0.1) is 0 Å². The highest BCUT2D eigenvalue weighted by atomic mass is 16.1. The molecule has 140 valence electrons. The maximum Gasteiger partial charge on any atom is 0.282 e. The molecule has 12 heteroatoms. The van der Waals surface area contributed by atoms with Gasteiger partial charge in [-0.05, 0) is 26.8 Å². The van der Waals surface area contributed by atoms with Gasteiger partial charge in [0.2, 0.25) is 5.95 Å². The normalized spacial score (nSPS) is 12.9. The van der Waals surface area contributed by atoms with Gasteiger partial charge in [0, 0.05) is 12.7 Å². The number of H-pyrrole nitrogens is 1. The van der Waals surface area contributed by atoms with Gasteiger partial charge in [0.15, 0.2) is 22.3 Å². The van der Waals surface area contributed by atoms with E-state index in [9.17, 15) is 4.79 Å². The largest absolute Gasteiger partial charge is 0.381 e. The molecule has 0 bridgehead atoms. The fraction of sp³-hybridized carbons (Fsp3) is 0.400. The molecule has 0 aliphatic carbocycles. The van der Waals surface area contributed by atoms with Crippen molar-refractivity contribution in [1.29, 1.82) is 0 Å². The van der Waals surface area contributed by atoms with Crippen LogP contribution < -0.4 is 16.6 Å². The Morgan fingerprint density at radius 2 is 1.89 bits per heavy atom. The minimum atomic E-state index is -0.412. The highest BCUT2D eigenvalue weighted by Crippen LogP contribution is 2.22. The minimum Gasteiger partial charge on any atom is -0.381 e. The monoisotopic (exact) mass is 369 g/mol. The number of nitrogens with zero attached hydrogens (tertiary/aromatic N) is 8. The Kier molecular flexibility index (Phi) is 3.94. The number of hydrogen-bond acceptors (Lipinski definition) is 9. The molecule has 4 heterocycles. The lowest BCUT2D eigenvalue weighted by Gasteiger charge is -2.14. The maximum absolute atomic E-state index is 11.9. The summed E-state index contributed by atoms with van der Waals surface area (Å²) in [6.07, 6.45) is 1.71. The average molecular weight is 369 g/mol. The third-order valence-electron chi connectivity index (χ3n) is 4.21. The Morgan fingerprint density at radius 3 is 2.67 bits per heavy atom. The molecule has 0 radical (unpaired) electrons. The summed E-state index contributed by atoms with van der Waals surface area (Å²) < 4.78 is 3.34. The van der Waals surface area contributed by atoms with Crippen molar-refractivity contribution in [2.45, 2.75) is 32.9 Å².